The molecule has 0 aromatic heterocycles. The van der Waals surface area contributed by atoms with E-state index in [0.717, 1.165) is 12.1 Å². The maximum atomic E-state index is 12.8. The van der Waals surface area contributed by atoms with E-state index in [1.165, 1.54) is 6.07 Å². The van der Waals surface area contributed by atoms with Gasteiger partial charge in [-0.1, -0.05) is 0 Å². The standard InChI is InChI=1S/C11H13F2NO3/c12-9-3-1-7(5-10(9)13)14-6-8(15)2-4-11(16)17/h1,3,5,8,14-15H,2,4,6H2,(H,16,17). The third-order valence-corrected chi connectivity index (χ3v) is 2.15. The molecule has 0 aliphatic heterocycles. The van der Waals surface area contributed by atoms with E-state index in [1.54, 1.807) is 0 Å². The number of hydrogen-bond donors (Lipinski definition) is 3. The first-order chi connectivity index (χ1) is 7.99. The second-order valence-corrected chi connectivity index (χ2v) is 3.60. The molecule has 0 aliphatic rings. The highest BCUT2D eigenvalue weighted by Gasteiger charge is 2.08. The van der Waals surface area contributed by atoms with Gasteiger partial charge in [-0.25, -0.2) is 8.78 Å². The number of halogens is 2. The fraction of sp³-hybridized carbons (Fsp3) is 0.364. The summed E-state index contributed by atoms with van der Waals surface area (Å²) in [6, 6.07) is 3.28. The molecule has 4 nitrogen and oxygen atoms in total. The van der Waals surface area contributed by atoms with Crippen LogP contribution in [-0.4, -0.2) is 28.8 Å². The van der Waals surface area contributed by atoms with Gasteiger partial charge in [0.1, 0.15) is 0 Å². The molecule has 0 heterocycles. The molecule has 6 heteroatoms. The van der Waals surface area contributed by atoms with Crippen LogP contribution in [0.5, 0.6) is 0 Å². The number of aliphatic hydroxyl groups is 1. The van der Waals surface area contributed by atoms with Crippen molar-refractivity contribution in [3.63, 3.8) is 0 Å². The van der Waals surface area contributed by atoms with Crippen molar-refractivity contribution in [1.82, 2.24) is 0 Å². The number of carboxylic acids is 1. The number of carboxylic acid groups (broad SMARTS) is 1. The lowest BCUT2D eigenvalue weighted by molar-refractivity contribution is -0.137. The van der Waals surface area contributed by atoms with Crippen molar-refractivity contribution in [3.8, 4) is 0 Å². The van der Waals surface area contributed by atoms with E-state index < -0.39 is 23.7 Å². The summed E-state index contributed by atoms with van der Waals surface area (Å²) in [5, 5.41) is 20.5. The summed E-state index contributed by atoms with van der Waals surface area (Å²) >= 11 is 0. The predicted octanol–water partition coefficient (Wildman–Crippen LogP) is 1.60. The number of benzene rings is 1. The van der Waals surface area contributed by atoms with Gasteiger partial charge in [0.2, 0.25) is 0 Å². The third kappa shape index (κ3) is 4.78. The largest absolute Gasteiger partial charge is 0.481 e. The first kappa shape index (κ1) is 13.4. The zero-order valence-corrected chi connectivity index (χ0v) is 8.99. The quantitative estimate of drug-likeness (QED) is 0.712. The topological polar surface area (TPSA) is 69.6 Å². The van der Waals surface area contributed by atoms with Gasteiger partial charge in [-0.15, -0.1) is 0 Å². The van der Waals surface area contributed by atoms with Gasteiger partial charge in [-0.05, 0) is 18.6 Å². The Hall–Kier alpha value is -1.69. The molecular formula is C11H13F2NO3. The highest BCUT2D eigenvalue weighted by Crippen LogP contribution is 2.13. The summed E-state index contributed by atoms with van der Waals surface area (Å²) < 4.78 is 25.4. The number of carbonyl (C=O) groups is 1. The molecule has 1 atom stereocenters. The molecule has 0 saturated carbocycles. The van der Waals surface area contributed by atoms with E-state index in [1.807, 2.05) is 0 Å². The van der Waals surface area contributed by atoms with Crippen molar-refractivity contribution in [2.45, 2.75) is 18.9 Å². The van der Waals surface area contributed by atoms with Crippen LogP contribution in [0.25, 0.3) is 0 Å². The van der Waals surface area contributed by atoms with Gasteiger partial charge in [-0.3, -0.25) is 4.79 Å². The molecule has 0 radical (unpaired) electrons. The molecule has 94 valence electrons. The maximum absolute atomic E-state index is 12.8. The monoisotopic (exact) mass is 245 g/mol. The molecule has 3 N–H and O–H groups in total. The number of aliphatic carboxylic acids is 1. The summed E-state index contributed by atoms with van der Waals surface area (Å²) in [6.07, 6.45) is -0.883. The fourth-order valence-electron chi connectivity index (χ4n) is 1.23. The van der Waals surface area contributed by atoms with Gasteiger partial charge in [0, 0.05) is 24.7 Å². The highest BCUT2D eigenvalue weighted by molar-refractivity contribution is 5.66. The average molecular weight is 245 g/mol. The Morgan fingerprint density at radius 1 is 1.35 bits per heavy atom. The Balaban J connectivity index is 2.39. The average Bonchev–Trinajstić information content (AvgIpc) is 2.28. The third-order valence-electron chi connectivity index (χ3n) is 2.15. The molecule has 0 spiro atoms. The Morgan fingerprint density at radius 3 is 2.65 bits per heavy atom. The van der Waals surface area contributed by atoms with E-state index in [0.29, 0.717) is 5.69 Å². The van der Waals surface area contributed by atoms with Gasteiger partial charge in [-0.2, -0.15) is 0 Å². The van der Waals surface area contributed by atoms with Crippen LogP contribution >= 0.6 is 0 Å². The van der Waals surface area contributed by atoms with Gasteiger partial charge in [0.05, 0.1) is 6.10 Å². The lowest BCUT2D eigenvalue weighted by atomic mass is 10.2. The number of nitrogens with one attached hydrogen (secondary N) is 1. The van der Waals surface area contributed by atoms with Gasteiger partial charge < -0.3 is 15.5 Å². The van der Waals surface area contributed by atoms with Gasteiger partial charge in [0.25, 0.3) is 0 Å². The van der Waals surface area contributed by atoms with Crippen molar-refractivity contribution in [2.24, 2.45) is 0 Å². The Morgan fingerprint density at radius 2 is 2.06 bits per heavy atom. The van der Waals surface area contributed by atoms with Crippen molar-refractivity contribution >= 4 is 11.7 Å². The van der Waals surface area contributed by atoms with E-state index in [2.05, 4.69) is 5.32 Å². The van der Waals surface area contributed by atoms with Crippen LogP contribution in [0.15, 0.2) is 18.2 Å². The summed E-state index contributed by atoms with van der Waals surface area (Å²) in [7, 11) is 0. The number of rotatable bonds is 6. The first-order valence-corrected chi connectivity index (χ1v) is 5.08. The zero-order valence-electron chi connectivity index (χ0n) is 8.99. The maximum Gasteiger partial charge on any atom is 0.303 e. The summed E-state index contributed by atoms with van der Waals surface area (Å²) in [6.45, 7) is 0.0817. The van der Waals surface area contributed by atoms with Crippen molar-refractivity contribution in [2.75, 3.05) is 11.9 Å². The number of hydrogen-bond acceptors (Lipinski definition) is 3. The zero-order chi connectivity index (χ0) is 12.8. The molecule has 17 heavy (non-hydrogen) atoms. The molecule has 1 aromatic carbocycles. The lowest BCUT2D eigenvalue weighted by Gasteiger charge is -2.11. The second-order valence-electron chi connectivity index (χ2n) is 3.60. The molecule has 1 unspecified atom stereocenters. The smallest absolute Gasteiger partial charge is 0.303 e. The van der Waals surface area contributed by atoms with E-state index in [4.69, 9.17) is 5.11 Å². The summed E-state index contributed by atoms with van der Waals surface area (Å²) in [4.78, 5) is 10.2. The Bertz CT molecular complexity index is 398. The molecular weight excluding hydrogens is 232 g/mol. The van der Waals surface area contributed by atoms with Crippen LogP contribution in [0.1, 0.15) is 12.8 Å². The van der Waals surface area contributed by atoms with Crippen LogP contribution in [0.3, 0.4) is 0 Å². The highest BCUT2D eigenvalue weighted by atomic mass is 19.2. The van der Waals surface area contributed by atoms with Crippen LogP contribution in [-0.2, 0) is 4.79 Å². The summed E-state index contributed by atoms with van der Waals surface area (Å²) in [5.74, 6) is -2.91. The molecule has 1 rings (SSSR count). The lowest BCUT2D eigenvalue weighted by Crippen LogP contribution is -2.20. The van der Waals surface area contributed by atoms with Gasteiger partial charge in [0.15, 0.2) is 11.6 Å². The Kier molecular flexibility index (Phi) is 4.84. The van der Waals surface area contributed by atoms with E-state index in [-0.39, 0.29) is 19.4 Å². The number of aliphatic hydroxyl groups excluding tert-OH is 1. The SMILES string of the molecule is O=C(O)CCC(O)CNc1ccc(F)c(F)c1. The minimum absolute atomic E-state index is 0.0817. The second kappa shape index (κ2) is 6.15. The molecule has 1 aromatic rings. The van der Waals surface area contributed by atoms with Crippen LogP contribution < -0.4 is 5.32 Å². The predicted molar refractivity (Wildman–Crippen MR) is 57.7 cm³/mol. The van der Waals surface area contributed by atoms with Crippen LogP contribution in [0, 0.1) is 11.6 Å². The van der Waals surface area contributed by atoms with Crippen molar-refractivity contribution < 1.29 is 23.8 Å². The molecule has 0 amide bonds. The Labute approximate surface area is 96.9 Å². The van der Waals surface area contributed by atoms with Crippen LogP contribution in [0.4, 0.5) is 14.5 Å². The molecule has 0 bridgehead atoms. The first-order valence-electron chi connectivity index (χ1n) is 5.08. The van der Waals surface area contributed by atoms with Crippen molar-refractivity contribution in [1.29, 1.82) is 0 Å². The minimum Gasteiger partial charge on any atom is -0.481 e. The van der Waals surface area contributed by atoms with Gasteiger partial charge >= 0.3 is 5.97 Å². The molecule has 0 saturated heterocycles. The van der Waals surface area contributed by atoms with Crippen molar-refractivity contribution in [3.05, 3.63) is 29.8 Å². The number of anilines is 1. The fourth-order valence-corrected chi connectivity index (χ4v) is 1.23. The normalized spacial score (nSPS) is 12.2. The van der Waals surface area contributed by atoms with Crippen LogP contribution in [0.2, 0.25) is 0 Å². The van der Waals surface area contributed by atoms with E-state index >= 15 is 0 Å². The van der Waals surface area contributed by atoms with E-state index in [9.17, 15) is 18.7 Å². The molecule has 0 fully saturated rings. The minimum atomic E-state index is -0.989. The summed E-state index contributed by atoms with van der Waals surface area (Å²) in [5.41, 5.74) is 0.332. The molecule has 0 aliphatic carbocycles.